The van der Waals surface area contributed by atoms with Gasteiger partial charge in [0.15, 0.2) is 0 Å². The molecule has 3 aromatic rings. The minimum Gasteiger partial charge on any atom is -0.497 e. The van der Waals surface area contributed by atoms with Crippen molar-refractivity contribution in [2.45, 2.75) is 0 Å². The standard InChI is InChI=1S/C18H15FN4O2/c1-25-14-8-6-13(7-9-14)22-18-20-10-12(11-21-18)17(24)23-16-5-3-2-4-15(16)19/h2-11H,1H3,(H,23,24)(H,20,21,22). The van der Waals surface area contributed by atoms with E-state index in [0.29, 0.717) is 5.95 Å². The Hall–Kier alpha value is -3.48. The topological polar surface area (TPSA) is 76.1 Å². The van der Waals surface area contributed by atoms with Crippen molar-refractivity contribution in [2.24, 2.45) is 0 Å². The van der Waals surface area contributed by atoms with Crippen LogP contribution in [0.3, 0.4) is 0 Å². The van der Waals surface area contributed by atoms with Crippen molar-refractivity contribution in [3.05, 3.63) is 72.3 Å². The number of anilines is 3. The molecule has 0 aliphatic rings. The van der Waals surface area contributed by atoms with Gasteiger partial charge in [0, 0.05) is 18.1 Å². The van der Waals surface area contributed by atoms with Gasteiger partial charge in [0.25, 0.3) is 5.91 Å². The molecule has 126 valence electrons. The van der Waals surface area contributed by atoms with Crippen molar-refractivity contribution in [3.8, 4) is 5.75 Å². The van der Waals surface area contributed by atoms with Crippen molar-refractivity contribution in [1.29, 1.82) is 0 Å². The summed E-state index contributed by atoms with van der Waals surface area (Å²) in [6, 6.07) is 13.2. The highest BCUT2D eigenvalue weighted by molar-refractivity contribution is 6.03. The van der Waals surface area contributed by atoms with Gasteiger partial charge in [0.1, 0.15) is 11.6 Å². The number of nitrogens with one attached hydrogen (secondary N) is 2. The number of carbonyl (C=O) groups is 1. The lowest BCUT2D eigenvalue weighted by molar-refractivity contribution is 0.102. The zero-order chi connectivity index (χ0) is 17.6. The summed E-state index contributed by atoms with van der Waals surface area (Å²) in [4.78, 5) is 20.3. The number of hydrogen-bond acceptors (Lipinski definition) is 5. The molecular formula is C18H15FN4O2. The number of benzene rings is 2. The van der Waals surface area contributed by atoms with Crippen LogP contribution >= 0.6 is 0 Å². The second-order valence-electron chi connectivity index (χ2n) is 5.08. The van der Waals surface area contributed by atoms with Gasteiger partial charge in [-0.25, -0.2) is 14.4 Å². The number of methoxy groups -OCH3 is 1. The SMILES string of the molecule is COc1ccc(Nc2ncc(C(=O)Nc3ccccc3F)cn2)cc1. The predicted molar refractivity (Wildman–Crippen MR) is 92.7 cm³/mol. The molecule has 1 heterocycles. The molecule has 0 atom stereocenters. The maximum Gasteiger partial charge on any atom is 0.258 e. The van der Waals surface area contributed by atoms with Gasteiger partial charge in [-0.1, -0.05) is 12.1 Å². The molecule has 3 rings (SSSR count). The molecule has 0 unspecified atom stereocenters. The van der Waals surface area contributed by atoms with Crippen LogP contribution in [0.25, 0.3) is 0 Å². The maximum absolute atomic E-state index is 13.6. The van der Waals surface area contributed by atoms with E-state index in [1.165, 1.54) is 24.5 Å². The molecule has 0 aliphatic carbocycles. The molecule has 2 aromatic carbocycles. The van der Waals surface area contributed by atoms with Crippen molar-refractivity contribution in [3.63, 3.8) is 0 Å². The molecule has 1 aromatic heterocycles. The molecule has 0 saturated carbocycles. The molecule has 6 nitrogen and oxygen atoms in total. The molecule has 0 saturated heterocycles. The van der Waals surface area contributed by atoms with E-state index in [-0.39, 0.29) is 11.3 Å². The number of ether oxygens (including phenoxy) is 1. The number of rotatable bonds is 5. The van der Waals surface area contributed by atoms with Crippen LogP contribution in [0, 0.1) is 5.82 Å². The summed E-state index contributed by atoms with van der Waals surface area (Å²) in [6.45, 7) is 0. The van der Waals surface area contributed by atoms with Gasteiger partial charge in [-0.2, -0.15) is 0 Å². The summed E-state index contributed by atoms with van der Waals surface area (Å²) >= 11 is 0. The van der Waals surface area contributed by atoms with E-state index < -0.39 is 11.7 Å². The number of carbonyl (C=O) groups excluding carboxylic acids is 1. The Bertz CT molecular complexity index is 867. The largest absolute Gasteiger partial charge is 0.497 e. The van der Waals surface area contributed by atoms with Crippen molar-refractivity contribution in [2.75, 3.05) is 17.7 Å². The maximum atomic E-state index is 13.6. The van der Waals surface area contributed by atoms with E-state index in [2.05, 4.69) is 20.6 Å². The molecule has 2 N–H and O–H groups in total. The van der Waals surface area contributed by atoms with Crippen LogP contribution in [0.2, 0.25) is 0 Å². The Balaban J connectivity index is 1.67. The van der Waals surface area contributed by atoms with E-state index in [1.807, 2.05) is 12.1 Å². The lowest BCUT2D eigenvalue weighted by atomic mass is 10.2. The van der Waals surface area contributed by atoms with E-state index >= 15 is 0 Å². The third kappa shape index (κ3) is 4.08. The smallest absolute Gasteiger partial charge is 0.258 e. The van der Waals surface area contributed by atoms with Crippen LogP contribution in [-0.2, 0) is 0 Å². The van der Waals surface area contributed by atoms with Crippen LogP contribution in [0.5, 0.6) is 5.75 Å². The number of para-hydroxylation sites is 1. The number of aromatic nitrogens is 2. The molecule has 1 amide bonds. The quantitative estimate of drug-likeness (QED) is 0.743. The number of amides is 1. The minimum absolute atomic E-state index is 0.105. The second-order valence-corrected chi connectivity index (χ2v) is 5.08. The minimum atomic E-state index is -0.505. The predicted octanol–water partition coefficient (Wildman–Crippen LogP) is 3.62. The molecule has 0 spiro atoms. The van der Waals surface area contributed by atoms with Gasteiger partial charge in [0.05, 0.1) is 18.4 Å². The van der Waals surface area contributed by atoms with Crippen LogP contribution in [0.15, 0.2) is 60.9 Å². The monoisotopic (exact) mass is 338 g/mol. The zero-order valence-electron chi connectivity index (χ0n) is 13.4. The fourth-order valence-corrected chi connectivity index (χ4v) is 2.07. The number of halogens is 1. The Kier molecular flexibility index (Phi) is 4.84. The van der Waals surface area contributed by atoms with E-state index in [1.54, 1.807) is 31.4 Å². The molecule has 0 bridgehead atoms. The van der Waals surface area contributed by atoms with Gasteiger partial charge < -0.3 is 15.4 Å². The second kappa shape index (κ2) is 7.39. The lowest BCUT2D eigenvalue weighted by Gasteiger charge is -2.08. The van der Waals surface area contributed by atoms with Crippen LogP contribution in [0.1, 0.15) is 10.4 Å². The van der Waals surface area contributed by atoms with Crippen LogP contribution in [-0.4, -0.2) is 23.0 Å². The van der Waals surface area contributed by atoms with E-state index in [4.69, 9.17) is 4.74 Å². The third-order valence-electron chi connectivity index (χ3n) is 3.38. The first kappa shape index (κ1) is 16.4. The van der Waals surface area contributed by atoms with Gasteiger partial charge >= 0.3 is 0 Å². The van der Waals surface area contributed by atoms with Gasteiger partial charge in [-0.15, -0.1) is 0 Å². The molecule has 0 radical (unpaired) electrons. The first-order chi connectivity index (χ1) is 12.2. The molecule has 7 heteroatoms. The van der Waals surface area contributed by atoms with Crippen LogP contribution < -0.4 is 15.4 Å². The molecule has 0 aliphatic heterocycles. The Morgan fingerprint density at radius 1 is 1.04 bits per heavy atom. The fraction of sp³-hybridized carbons (Fsp3) is 0.0556. The Labute approximate surface area is 143 Å². The first-order valence-electron chi connectivity index (χ1n) is 7.45. The summed E-state index contributed by atoms with van der Waals surface area (Å²) in [5, 5.41) is 5.49. The summed E-state index contributed by atoms with van der Waals surface area (Å²) in [5.74, 6) is 0.0925. The average molecular weight is 338 g/mol. The van der Waals surface area contributed by atoms with Crippen molar-refractivity contribution < 1.29 is 13.9 Å². The van der Waals surface area contributed by atoms with Crippen molar-refractivity contribution >= 4 is 23.2 Å². The summed E-state index contributed by atoms with van der Waals surface area (Å²) in [7, 11) is 1.59. The number of hydrogen-bond donors (Lipinski definition) is 2. The Morgan fingerprint density at radius 2 is 1.72 bits per heavy atom. The van der Waals surface area contributed by atoms with E-state index in [0.717, 1.165) is 11.4 Å². The first-order valence-corrected chi connectivity index (χ1v) is 7.45. The summed E-state index contributed by atoms with van der Waals surface area (Å²) in [5.41, 5.74) is 1.11. The van der Waals surface area contributed by atoms with Gasteiger partial charge in [-0.3, -0.25) is 4.79 Å². The van der Waals surface area contributed by atoms with E-state index in [9.17, 15) is 9.18 Å². The summed E-state index contributed by atoms with van der Waals surface area (Å²) < 4.78 is 18.6. The lowest BCUT2D eigenvalue weighted by Crippen LogP contribution is -2.14. The van der Waals surface area contributed by atoms with Crippen LogP contribution in [0.4, 0.5) is 21.7 Å². The fourth-order valence-electron chi connectivity index (χ4n) is 2.07. The normalized spacial score (nSPS) is 10.2. The highest BCUT2D eigenvalue weighted by Gasteiger charge is 2.10. The molecule has 25 heavy (non-hydrogen) atoms. The highest BCUT2D eigenvalue weighted by atomic mass is 19.1. The molecule has 0 fully saturated rings. The summed E-state index contributed by atoms with van der Waals surface area (Å²) in [6.07, 6.45) is 2.74. The molecular weight excluding hydrogens is 323 g/mol. The third-order valence-corrected chi connectivity index (χ3v) is 3.38. The zero-order valence-corrected chi connectivity index (χ0v) is 13.4. The van der Waals surface area contributed by atoms with Gasteiger partial charge in [0.2, 0.25) is 5.95 Å². The van der Waals surface area contributed by atoms with Gasteiger partial charge in [-0.05, 0) is 36.4 Å². The number of nitrogens with zero attached hydrogens (tertiary/aromatic N) is 2. The highest BCUT2D eigenvalue weighted by Crippen LogP contribution is 2.18. The Morgan fingerprint density at radius 3 is 2.36 bits per heavy atom. The average Bonchev–Trinajstić information content (AvgIpc) is 2.65. The van der Waals surface area contributed by atoms with Crippen molar-refractivity contribution in [1.82, 2.24) is 9.97 Å².